The van der Waals surface area contributed by atoms with Crippen molar-refractivity contribution in [1.29, 1.82) is 0 Å². The molecule has 0 fully saturated rings. The number of rotatable bonds is 3. The van der Waals surface area contributed by atoms with Crippen molar-refractivity contribution in [1.82, 2.24) is 0 Å². The molecule has 4 aromatic carbocycles. The summed E-state index contributed by atoms with van der Waals surface area (Å²) in [6.07, 6.45) is -5.18. The summed E-state index contributed by atoms with van der Waals surface area (Å²) in [7, 11) is 0. The molecule has 0 radical (unpaired) electrons. The average molecular weight is 579 g/mol. The van der Waals surface area contributed by atoms with Crippen molar-refractivity contribution in [3.8, 4) is 68.6 Å². The summed E-state index contributed by atoms with van der Waals surface area (Å²) in [5, 5.41) is 105. The van der Waals surface area contributed by atoms with Gasteiger partial charge in [-0.1, -0.05) is 6.07 Å². The number of ether oxygens (including phenoxy) is 2. The van der Waals surface area contributed by atoms with Gasteiger partial charge >= 0.3 is 0 Å². The van der Waals surface area contributed by atoms with Crippen molar-refractivity contribution in [3.05, 3.63) is 70.8 Å². The number of hydrogen-bond donors (Lipinski definition) is 10. The summed E-state index contributed by atoms with van der Waals surface area (Å²) < 4.78 is 12.1. The minimum atomic E-state index is -1.30. The van der Waals surface area contributed by atoms with E-state index in [2.05, 4.69) is 0 Å². The highest BCUT2D eigenvalue weighted by molar-refractivity contribution is 5.84. The molecule has 2 aliphatic heterocycles. The molecule has 2 heterocycles. The van der Waals surface area contributed by atoms with Gasteiger partial charge in [-0.05, 0) is 29.8 Å². The van der Waals surface area contributed by atoms with E-state index in [0.29, 0.717) is 0 Å². The maximum absolute atomic E-state index is 11.1. The van der Waals surface area contributed by atoms with Gasteiger partial charge in [-0.15, -0.1) is 0 Å². The first-order chi connectivity index (χ1) is 19.9. The molecule has 6 rings (SSSR count). The summed E-state index contributed by atoms with van der Waals surface area (Å²) in [6, 6.07) is 9.43. The highest BCUT2D eigenvalue weighted by atomic mass is 16.5. The fraction of sp³-hybridized carbons (Fsp3) is 0.200. The van der Waals surface area contributed by atoms with Crippen LogP contribution in [0.3, 0.4) is 0 Å². The van der Waals surface area contributed by atoms with Gasteiger partial charge in [-0.3, -0.25) is 0 Å². The maximum atomic E-state index is 11.1. The Morgan fingerprint density at radius 1 is 0.548 bits per heavy atom. The standard InChI is InChI=1S/C30H26O12/c31-12-4-18(33)15-8-25(40)29(41-26(15)5-12)14-7-22(37)21(36)6-13(14)27-23(38)10-19(34)16-9-24(39)28(42-30(16)27)11-1-2-17(32)20(35)3-11/h1-7,10,24-25,28-29,31-40H,8-9H2. The number of phenols is 8. The Labute approximate surface area is 237 Å². The van der Waals surface area contributed by atoms with Crippen molar-refractivity contribution >= 4 is 0 Å². The van der Waals surface area contributed by atoms with Gasteiger partial charge in [0.1, 0.15) is 40.6 Å². The Hall–Kier alpha value is -5.20. The van der Waals surface area contributed by atoms with Crippen LogP contribution >= 0.6 is 0 Å². The fourth-order valence-electron chi connectivity index (χ4n) is 5.56. The van der Waals surface area contributed by atoms with E-state index in [1.54, 1.807) is 0 Å². The van der Waals surface area contributed by atoms with Crippen LogP contribution < -0.4 is 9.47 Å². The number of phenolic OH excluding ortho intramolecular Hbond substituents is 8. The van der Waals surface area contributed by atoms with Crippen molar-refractivity contribution in [2.75, 3.05) is 0 Å². The lowest BCUT2D eigenvalue weighted by Gasteiger charge is -2.35. The van der Waals surface area contributed by atoms with Gasteiger partial charge in [0.25, 0.3) is 0 Å². The second-order valence-corrected chi connectivity index (χ2v) is 10.3. The van der Waals surface area contributed by atoms with Crippen LogP contribution in [0.25, 0.3) is 11.1 Å². The normalized spacial score (nSPS) is 21.1. The van der Waals surface area contributed by atoms with E-state index in [9.17, 15) is 51.1 Å². The first-order valence-corrected chi connectivity index (χ1v) is 12.8. The molecule has 0 saturated carbocycles. The quantitative estimate of drug-likeness (QED) is 0.159. The Balaban J connectivity index is 1.52. The topological polar surface area (TPSA) is 221 Å². The smallest absolute Gasteiger partial charge is 0.158 e. The molecule has 10 N–H and O–H groups in total. The number of fused-ring (bicyclic) bond motifs is 2. The van der Waals surface area contributed by atoms with E-state index in [0.717, 1.165) is 24.3 Å². The molecule has 0 bridgehead atoms. The molecule has 0 aromatic heterocycles. The SMILES string of the molecule is Oc1cc(O)c2c(c1)OC(c1cc(O)c(O)cc1-c1c(O)cc(O)c3c1OC(c1ccc(O)c(O)c1)C(O)C3)C(O)C2. The summed E-state index contributed by atoms with van der Waals surface area (Å²) in [5.74, 6) is -3.54. The molecule has 4 atom stereocenters. The predicted octanol–water partition coefficient (Wildman–Crippen LogP) is 3.07. The molecule has 4 unspecified atom stereocenters. The number of aliphatic hydroxyl groups excluding tert-OH is 2. The first-order valence-electron chi connectivity index (χ1n) is 12.8. The average Bonchev–Trinajstić information content (AvgIpc) is 2.92. The third-order valence-corrected chi connectivity index (χ3v) is 7.58. The van der Waals surface area contributed by atoms with E-state index >= 15 is 0 Å². The van der Waals surface area contributed by atoms with Crippen molar-refractivity contribution in [2.24, 2.45) is 0 Å². The molecule has 12 nitrogen and oxygen atoms in total. The lowest BCUT2D eigenvalue weighted by molar-refractivity contribution is 0.0189. The predicted molar refractivity (Wildman–Crippen MR) is 144 cm³/mol. The van der Waals surface area contributed by atoms with E-state index < -0.39 is 53.2 Å². The molecule has 0 amide bonds. The number of aromatic hydroxyl groups is 8. The molecule has 0 aliphatic carbocycles. The number of aliphatic hydroxyl groups is 2. The Bertz CT molecular complexity index is 1730. The van der Waals surface area contributed by atoms with Gasteiger partial charge in [-0.2, -0.15) is 0 Å². The highest BCUT2D eigenvalue weighted by Crippen LogP contribution is 2.54. The van der Waals surface area contributed by atoms with Crippen LogP contribution in [-0.2, 0) is 12.8 Å². The summed E-state index contributed by atoms with van der Waals surface area (Å²) in [4.78, 5) is 0. The summed E-state index contributed by atoms with van der Waals surface area (Å²) in [5.41, 5.74) is 0.644. The highest BCUT2D eigenvalue weighted by Gasteiger charge is 2.39. The lowest BCUT2D eigenvalue weighted by Crippen LogP contribution is -2.31. The van der Waals surface area contributed by atoms with Crippen molar-refractivity contribution < 1.29 is 60.5 Å². The Kier molecular flexibility index (Phi) is 6.24. The number of hydrogen-bond acceptors (Lipinski definition) is 12. The second kappa shape index (κ2) is 9.72. The van der Waals surface area contributed by atoms with Crippen LogP contribution in [0.15, 0.2) is 48.5 Å². The minimum absolute atomic E-state index is 0.0274. The van der Waals surface area contributed by atoms with Gasteiger partial charge in [0.05, 0.1) is 17.8 Å². The molecule has 218 valence electrons. The van der Waals surface area contributed by atoms with E-state index in [1.165, 1.54) is 24.3 Å². The Morgan fingerprint density at radius 2 is 1.19 bits per heavy atom. The molecule has 12 heteroatoms. The summed E-state index contributed by atoms with van der Waals surface area (Å²) >= 11 is 0. The van der Waals surface area contributed by atoms with Crippen LogP contribution in [0.5, 0.6) is 57.5 Å². The first kappa shape index (κ1) is 27.0. The third kappa shape index (κ3) is 4.33. The van der Waals surface area contributed by atoms with Gasteiger partial charge in [0, 0.05) is 53.3 Å². The molecule has 2 aliphatic rings. The van der Waals surface area contributed by atoms with Crippen molar-refractivity contribution in [2.45, 2.75) is 37.3 Å². The zero-order chi connectivity index (χ0) is 30.0. The van der Waals surface area contributed by atoms with Crippen LogP contribution in [0.1, 0.15) is 34.5 Å². The Morgan fingerprint density at radius 3 is 1.93 bits per heavy atom. The molecular formula is C30H26O12. The zero-order valence-corrected chi connectivity index (χ0v) is 21.6. The zero-order valence-electron chi connectivity index (χ0n) is 21.6. The van der Waals surface area contributed by atoms with E-state index in [4.69, 9.17) is 9.47 Å². The molecule has 42 heavy (non-hydrogen) atoms. The maximum Gasteiger partial charge on any atom is 0.158 e. The number of benzene rings is 4. The molecular weight excluding hydrogens is 552 g/mol. The van der Waals surface area contributed by atoms with Crippen LogP contribution in [0.2, 0.25) is 0 Å². The molecule has 4 aromatic rings. The van der Waals surface area contributed by atoms with Crippen molar-refractivity contribution in [3.63, 3.8) is 0 Å². The fourth-order valence-corrected chi connectivity index (χ4v) is 5.56. The van der Waals surface area contributed by atoms with E-state index in [1.807, 2.05) is 0 Å². The van der Waals surface area contributed by atoms with Gasteiger partial charge in [-0.25, -0.2) is 0 Å². The van der Waals surface area contributed by atoms with Gasteiger partial charge < -0.3 is 60.5 Å². The largest absolute Gasteiger partial charge is 0.508 e. The van der Waals surface area contributed by atoms with Gasteiger partial charge in [0.15, 0.2) is 29.1 Å². The third-order valence-electron chi connectivity index (χ3n) is 7.58. The summed E-state index contributed by atoms with van der Waals surface area (Å²) in [6.45, 7) is 0. The van der Waals surface area contributed by atoms with Crippen LogP contribution in [-0.4, -0.2) is 63.3 Å². The lowest BCUT2D eigenvalue weighted by atomic mass is 9.85. The van der Waals surface area contributed by atoms with Crippen LogP contribution in [0, 0.1) is 0 Å². The molecule has 0 saturated heterocycles. The van der Waals surface area contributed by atoms with Gasteiger partial charge in [0.2, 0.25) is 0 Å². The van der Waals surface area contributed by atoms with Crippen LogP contribution in [0.4, 0.5) is 0 Å². The second-order valence-electron chi connectivity index (χ2n) is 10.3. The molecule has 0 spiro atoms. The minimum Gasteiger partial charge on any atom is -0.508 e. The van der Waals surface area contributed by atoms with E-state index in [-0.39, 0.29) is 75.0 Å². The monoisotopic (exact) mass is 578 g/mol.